The Kier molecular flexibility index (Phi) is 3.63. The summed E-state index contributed by atoms with van der Waals surface area (Å²) in [6.07, 6.45) is 10.6. The molecule has 0 aromatic heterocycles. The van der Waals surface area contributed by atoms with E-state index in [-0.39, 0.29) is 0 Å². The van der Waals surface area contributed by atoms with Gasteiger partial charge in [0.2, 0.25) is 0 Å². The van der Waals surface area contributed by atoms with Gasteiger partial charge in [-0.1, -0.05) is 43.9 Å². The topological polar surface area (TPSA) is 15.6 Å². The van der Waals surface area contributed by atoms with Crippen molar-refractivity contribution in [2.75, 3.05) is 5.01 Å². The van der Waals surface area contributed by atoms with Crippen molar-refractivity contribution >= 4 is 11.4 Å². The summed E-state index contributed by atoms with van der Waals surface area (Å²) in [5.74, 6) is 0. The number of benzene rings is 1. The molecule has 2 aliphatic rings. The van der Waals surface area contributed by atoms with Gasteiger partial charge in [0.05, 0.1) is 11.7 Å². The molecule has 1 aliphatic carbocycles. The van der Waals surface area contributed by atoms with Crippen molar-refractivity contribution in [3.8, 4) is 0 Å². The summed E-state index contributed by atoms with van der Waals surface area (Å²) >= 11 is 0. The third-order valence-electron chi connectivity index (χ3n) is 4.09. The monoisotopic (exact) mass is 242 g/mol. The van der Waals surface area contributed by atoms with Crippen molar-refractivity contribution in [3.05, 3.63) is 30.3 Å². The number of anilines is 1. The van der Waals surface area contributed by atoms with Gasteiger partial charge in [0.1, 0.15) is 0 Å². The highest BCUT2D eigenvalue weighted by molar-refractivity contribution is 5.88. The summed E-state index contributed by atoms with van der Waals surface area (Å²) in [7, 11) is 0. The van der Waals surface area contributed by atoms with Crippen LogP contribution in [0.3, 0.4) is 0 Å². The highest BCUT2D eigenvalue weighted by atomic mass is 15.5. The van der Waals surface area contributed by atoms with Gasteiger partial charge >= 0.3 is 0 Å². The van der Waals surface area contributed by atoms with Gasteiger partial charge < -0.3 is 0 Å². The fraction of sp³-hybridized carbons (Fsp3) is 0.562. The molecule has 0 saturated heterocycles. The van der Waals surface area contributed by atoms with E-state index >= 15 is 0 Å². The Bertz CT molecular complexity index is 410. The largest absolute Gasteiger partial charge is 0.262 e. The maximum atomic E-state index is 4.87. The summed E-state index contributed by atoms with van der Waals surface area (Å²) in [6.45, 7) is 0. The Balaban J connectivity index is 1.80. The Morgan fingerprint density at radius 3 is 2.61 bits per heavy atom. The molecule has 1 atom stereocenters. The van der Waals surface area contributed by atoms with Gasteiger partial charge in [0.25, 0.3) is 0 Å². The van der Waals surface area contributed by atoms with Crippen LogP contribution in [-0.2, 0) is 0 Å². The van der Waals surface area contributed by atoms with Crippen LogP contribution in [0.15, 0.2) is 35.4 Å². The number of fused-ring (bicyclic) bond motifs is 2. The summed E-state index contributed by atoms with van der Waals surface area (Å²) in [5, 5.41) is 7.15. The molecule has 3 rings (SSSR count). The fourth-order valence-electron chi connectivity index (χ4n) is 3.10. The van der Waals surface area contributed by atoms with Crippen LogP contribution in [0.2, 0.25) is 0 Å². The summed E-state index contributed by atoms with van der Waals surface area (Å²) in [6, 6.07) is 11.3. The average molecular weight is 242 g/mol. The molecule has 96 valence electrons. The zero-order chi connectivity index (χ0) is 12.2. The van der Waals surface area contributed by atoms with Gasteiger partial charge in [0, 0.05) is 12.1 Å². The molecule has 0 radical (unpaired) electrons. The number of hydrogen-bond donors (Lipinski definition) is 0. The lowest BCUT2D eigenvalue weighted by atomic mass is 9.97. The van der Waals surface area contributed by atoms with Crippen molar-refractivity contribution in [1.82, 2.24) is 0 Å². The molecule has 1 unspecified atom stereocenters. The highest BCUT2D eigenvalue weighted by Gasteiger charge is 2.27. The third kappa shape index (κ3) is 2.58. The lowest BCUT2D eigenvalue weighted by Crippen LogP contribution is -2.26. The fourth-order valence-corrected chi connectivity index (χ4v) is 3.10. The predicted octanol–water partition coefficient (Wildman–Crippen LogP) is 4.37. The molecule has 1 saturated carbocycles. The molecular formula is C16H22N2. The van der Waals surface area contributed by atoms with Gasteiger partial charge in [-0.25, -0.2) is 0 Å². The number of nitrogens with zero attached hydrogens (tertiary/aromatic N) is 2. The van der Waals surface area contributed by atoms with Crippen LogP contribution in [0.25, 0.3) is 0 Å². The van der Waals surface area contributed by atoms with Gasteiger partial charge in [-0.15, -0.1) is 0 Å². The molecule has 2 nitrogen and oxygen atoms in total. The predicted molar refractivity (Wildman–Crippen MR) is 77.1 cm³/mol. The molecule has 2 bridgehead atoms. The molecule has 1 aromatic carbocycles. The standard InChI is InChI=1S/C16H22N2/c1-2-5-9-14-13-16(12-6-3-1)18(17-14)15-10-7-4-8-11-15/h4,7-8,10-11,16H,1-3,5-6,9,12-13H2. The van der Waals surface area contributed by atoms with Crippen molar-refractivity contribution < 1.29 is 0 Å². The second kappa shape index (κ2) is 5.55. The van der Waals surface area contributed by atoms with Crippen molar-refractivity contribution in [2.24, 2.45) is 5.10 Å². The molecule has 1 fully saturated rings. The van der Waals surface area contributed by atoms with Crippen LogP contribution >= 0.6 is 0 Å². The number of hydrazone groups is 1. The van der Waals surface area contributed by atoms with Gasteiger partial charge in [-0.3, -0.25) is 5.01 Å². The first-order valence-electron chi connectivity index (χ1n) is 7.34. The first kappa shape index (κ1) is 11.8. The van der Waals surface area contributed by atoms with Crippen LogP contribution < -0.4 is 5.01 Å². The minimum atomic E-state index is 0.612. The summed E-state index contributed by atoms with van der Waals surface area (Å²) in [5.41, 5.74) is 2.68. The molecule has 18 heavy (non-hydrogen) atoms. The number of rotatable bonds is 1. The molecule has 2 heteroatoms. The van der Waals surface area contributed by atoms with E-state index in [9.17, 15) is 0 Å². The molecule has 1 heterocycles. The third-order valence-corrected chi connectivity index (χ3v) is 4.09. The molecule has 0 amide bonds. The van der Waals surface area contributed by atoms with Crippen LogP contribution in [0.5, 0.6) is 0 Å². The summed E-state index contributed by atoms with van der Waals surface area (Å²) in [4.78, 5) is 0. The van der Waals surface area contributed by atoms with Gasteiger partial charge in [0.15, 0.2) is 0 Å². The van der Waals surface area contributed by atoms with Crippen LogP contribution in [0, 0.1) is 0 Å². The number of para-hydroxylation sites is 1. The maximum Gasteiger partial charge on any atom is 0.0597 e. The molecule has 1 aliphatic heterocycles. The minimum Gasteiger partial charge on any atom is -0.262 e. The molecule has 1 aromatic rings. The van der Waals surface area contributed by atoms with E-state index in [1.165, 1.54) is 62.8 Å². The first-order valence-corrected chi connectivity index (χ1v) is 7.34. The lowest BCUT2D eigenvalue weighted by Gasteiger charge is -2.23. The minimum absolute atomic E-state index is 0.612. The van der Waals surface area contributed by atoms with Crippen molar-refractivity contribution in [1.29, 1.82) is 0 Å². The van der Waals surface area contributed by atoms with E-state index in [1.807, 2.05) is 0 Å². The molecule has 0 N–H and O–H groups in total. The van der Waals surface area contributed by atoms with Gasteiger partial charge in [-0.05, 0) is 31.4 Å². The van der Waals surface area contributed by atoms with Gasteiger partial charge in [-0.2, -0.15) is 5.10 Å². The van der Waals surface area contributed by atoms with E-state index < -0.39 is 0 Å². The second-order valence-electron chi connectivity index (χ2n) is 5.51. The summed E-state index contributed by atoms with van der Waals surface area (Å²) < 4.78 is 0. The van der Waals surface area contributed by atoms with E-state index in [4.69, 9.17) is 5.10 Å². The van der Waals surface area contributed by atoms with Crippen LogP contribution in [0.1, 0.15) is 51.4 Å². The van der Waals surface area contributed by atoms with Crippen molar-refractivity contribution in [2.45, 2.75) is 57.4 Å². The van der Waals surface area contributed by atoms with E-state index in [0.29, 0.717) is 6.04 Å². The Morgan fingerprint density at radius 2 is 1.72 bits per heavy atom. The van der Waals surface area contributed by atoms with E-state index in [0.717, 1.165) is 0 Å². The Hall–Kier alpha value is -1.31. The smallest absolute Gasteiger partial charge is 0.0597 e. The van der Waals surface area contributed by atoms with Crippen molar-refractivity contribution in [3.63, 3.8) is 0 Å². The van der Waals surface area contributed by atoms with E-state index in [2.05, 4.69) is 35.3 Å². The first-order chi connectivity index (χ1) is 8.93. The molecular weight excluding hydrogens is 220 g/mol. The Labute approximate surface area is 110 Å². The van der Waals surface area contributed by atoms with E-state index in [1.54, 1.807) is 0 Å². The maximum absolute atomic E-state index is 4.87. The quantitative estimate of drug-likeness (QED) is 0.714. The van der Waals surface area contributed by atoms with Crippen LogP contribution in [-0.4, -0.2) is 11.8 Å². The SMILES string of the molecule is c1ccc(N2N=C3CCCCCCCC2C3)cc1. The normalized spacial score (nSPS) is 24.8. The van der Waals surface area contributed by atoms with Crippen LogP contribution in [0.4, 0.5) is 5.69 Å². The lowest BCUT2D eigenvalue weighted by molar-refractivity contribution is 0.529. The highest BCUT2D eigenvalue weighted by Crippen LogP contribution is 2.29. The Morgan fingerprint density at radius 1 is 0.944 bits per heavy atom. The average Bonchev–Trinajstić information content (AvgIpc) is 2.81. The second-order valence-corrected chi connectivity index (χ2v) is 5.51. The zero-order valence-electron chi connectivity index (χ0n) is 11.0. The zero-order valence-corrected chi connectivity index (χ0v) is 11.0. The molecule has 0 spiro atoms. The number of hydrogen-bond acceptors (Lipinski definition) is 2.